The molecule has 0 atom stereocenters. The van der Waals surface area contributed by atoms with Gasteiger partial charge in [0.2, 0.25) is 5.88 Å². The summed E-state index contributed by atoms with van der Waals surface area (Å²) in [6, 6.07) is 163. The van der Waals surface area contributed by atoms with E-state index in [0.29, 0.717) is 58.3 Å². The van der Waals surface area contributed by atoms with E-state index in [2.05, 4.69) is 296 Å². The maximum absolute atomic E-state index is 5.38. The molecular weight excluding hydrogens is 1790 g/mol. The summed E-state index contributed by atoms with van der Waals surface area (Å²) in [5, 5.41) is 12.2. The fourth-order valence-electron chi connectivity index (χ4n) is 20.2. The number of aromatic nitrogens is 12. The zero-order chi connectivity index (χ0) is 98.8. The van der Waals surface area contributed by atoms with Gasteiger partial charge in [-0.1, -0.05) is 384 Å². The molecule has 25 aromatic rings. The van der Waals surface area contributed by atoms with Crippen LogP contribution in [0, 0.1) is 13.8 Å². The van der Waals surface area contributed by atoms with Gasteiger partial charge in [-0.15, -0.1) is 0 Å². The summed E-state index contributed by atoms with van der Waals surface area (Å²) < 4.78 is 5.38. The van der Waals surface area contributed by atoms with Gasteiger partial charge in [0.25, 0.3) is 0 Å². The van der Waals surface area contributed by atoms with Crippen molar-refractivity contribution in [1.82, 2.24) is 59.8 Å². The number of hydrogen-bond acceptors (Lipinski definition) is 13. The van der Waals surface area contributed by atoms with Crippen molar-refractivity contribution in [2.45, 2.75) is 33.1 Å². The van der Waals surface area contributed by atoms with Crippen molar-refractivity contribution in [3.63, 3.8) is 0 Å². The Morgan fingerprint density at radius 2 is 0.469 bits per heavy atom. The van der Waals surface area contributed by atoms with E-state index >= 15 is 0 Å². The lowest BCUT2D eigenvalue weighted by atomic mass is 9.80. The van der Waals surface area contributed by atoms with Crippen LogP contribution in [0.15, 0.2) is 480 Å². The molecule has 13 nitrogen and oxygen atoms in total. The Balaban J connectivity index is 0.000000118. The summed E-state index contributed by atoms with van der Waals surface area (Å²) in [4.78, 5) is 59.3. The highest BCUT2D eigenvalue weighted by Crippen LogP contribution is 2.54. The molecule has 696 valence electrons. The Morgan fingerprint density at radius 1 is 0.184 bits per heavy atom. The molecule has 19 aromatic carbocycles. The molecule has 0 radical (unpaired) electrons. The van der Waals surface area contributed by atoms with Crippen LogP contribution in [-0.4, -0.2) is 66.9 Å². The Bertz CT molecular complexity index is 9110. The molecule has 0 N–H and O–H groups in total. The molecule has 0 unspecified atom stereocenters. The minimum Gasteiger partial charge on any atom is -0.481 e. The quantitative estimate of drug-likeness (QED) is 0.0792. The van der Waals surface area contributed by atoms with Crippen molar-refractivity contribution in [1.29, 1.82) is 0 Å². The van der Waals surface area contributed by atoms with Crippen LogP contribution in [0.25, 0.3) is 245 Å². The largest absolute Gasteiger partial charge is 0.481 e. The van der Waals surface area contributed by atoms with Gasteiger partial charge in [0.05, 0.1) is 12.8 Å². The van der Waals surface area contributed by atoms with Crippen LogP contribution in [0.2, 0.25) is 0 Å². The number of ether oxygens (including phenoxy) is 1. The molecule has 0 saturated heterocycles. The van der Waals surface area contributed by atoms with Crippen LogP contribution in [0.3, 0.4) is 0 Å². The fourth-order valence-corrected chi connectivity index (χ4v) is 20.2. The number of fused-ring (bicyclic) bond motifs is 11. The monoisotopic (exact) mass is 1890 g/mol. The smallest absolute Gasteiger partial charge is 0.213 e. The van der Waals surface area contributed by atoms with E-state index in [1.165, 1.54) is 81.7 Å². The molecule has 6 heterocycles. The molecule has 0 aliphatic heterocycles. The first-order chi connectivity index (χ1) is 72.3. The van der Waals surface area contributed by atoms with Crippen molar-refractivity contribution in [2.75, 3.05) is 7.11 Å². The predicted molar refractivity (Wildman–Crippen MR) is 601 cm³/mol. The van der Waals surface area contributed by atoms with Crippen LogP contribution in [0.5, 0.6) is 5.88 Å². The lowest BCUT2D eigenvalue weighted by molar-refractivity contribution is 0.398. The highest BCUT2D eigenvalue weighted by Gasteiger charge is 2.37. The molecule has 1 aliphatic carbocycles. The normalized spacial score (nSPS) is 11.8. The molecular formula is C134H94N12O. The van der Waals surface area contributed by atoms with E-state index in [-0.39, 0.29) is 5.41 Å². The van der Waals surface area contributed by atoms with Crippen LogP contribution < -0.4 is 4.74 Å². The second kappa shape index (κ2) is 39.3. The van der Waals surface area contributed by atoms with Gasteiger partial charge in [-0.2, -0.15) is 0 Å². The minimum absolute atomic E-state index is 0.143. The second-order valence-electron chi connectivity index (χ2n) is 37.5. The summed E-state index contributed by atoms with van der Waals surface area (Å²) in [5.41, 5.74) is 30.5. The first-order valence-electron chi connectivity index (χ1n) is 49.4. The number of pyridine rings is 3. The maximum atomic E-state index is 5.38. The van der Waals surface area contributed by atoms with Crippen molar-refractivity contribution < 1.29 is 4.74 Å². The SMILES string of the molecule is COc1cccc(-c2ccc(-c3cc(-c4nc(-c5ccccc5)nc(-c5ccccc5)n4)cc(-c4cc5ccccc5c5ccccc45)c3)cc2)n1.Cc1ccc(-c2cc(-c3nc(-c4ccccc4)nc(-c4ccccc4)n3)cc(-c3cc4c(c5ccccc35)-c3ccccc3C4(C)C)c2)cn1.Cc1ccc(-c2cc(-c3nc(-c4ccccc4)nc(-c4ccccc4)n3)cc(-c3cc4ccccc4c4ccccc34)c2)cn1. The predicted octanol–water partition coefficient (Wildman–Crippen LogP) is 33.2. The van der Waals surface area contributed by atoms with Gasteiger partial charge in [0, 0.05) is 102 Å². The Kier molecular flexibility index (Phi) is 24.2. The third-order valence-electron chi connectivity index (χ3n) is 27.7. The van der Waals surface area contributed by atoms with E-state index in [9.17, 15) is 0 Å². The van der Waals surface area contributed by atoms with E-state index in [0.717, 1.165) is 134 Å². The van der Waals surface area contributed by atoms with Gasteiger partial charge in [0.15, 0.2) is 52.4 Å². The van der Waals surface area contributed by atoms with E-state index in [1.807, 2.05) is 226 Å². The molecule has 0 fully saturated rings. The highest BCUT2D eigenvalue weighted by molar-refractivity contribution is 6.16. The van der Waals surface area contributed by atoms with Gasteiger partial charge in [0.1, 0.15) is 0 Å². The number of aryl methyl sites for hydroxylation is 2. The lowest BCUT2D eigenvalue weighted by Crippen LogP contribution is -2.15. The first-order valence-corrected chi connectivity index (χ1v) is 49.4. The van der Waals surface area contributed by atoms with Crippen molar-refractivity contribution >= 4 is 53.9 Å². The molecule has 13 heteroatoms. The van der Waals surface area contributed by atoms with Crippen LogP contribution in [-0.2, 0) is 5.41 Å². The number of methoxy groups -OCH3 is 1. The molecule has 1 aliphatic rings. The summed E-state index contributed by atoms with van der Waals surface area (Å²) in [5.74, 6) is 6.25. The molecule has 6 aromatic heterocycles. The molecule has 0 spiro atoms. The van der Waals surface area contributed by atoms with Gasteiger partial charge >= 0.3 is 0 Å². The zero-order valence-corrected chi connectivity index (χ0v) is 81.4. The second-order valence-corrected chi connectivity index (χ2v) is 37.5. The van der Waals surface area contributed by atoms with Gasteiger partial charge in [-0.05, 0) is 237 Å². The van der Waals surface area contributed by atoms with Gasteiger partial charge in [-0.3, -0.25) is 9.97 Å². The number of benzene rings is 19. The Hall–Kier alpha value is -19.2. The van der Waals surface area contributed by atoms with Gasteiger partial charge in [-0.25, -0.2) is 49.8 Å². The van der Waals surface area contributed by atoms with Crippen LogP contribution in [0.4, 0.5) is 0 Å². The molecule has 0 saturated carbocycles. The van der Waals surface area contributed by atoms with E-state index in [4.69, 9.17) is 49.6 Å². The van der Waals surface area contributed by atoms with Gasteiger partial charge < -0.3 is 4.74 Å². The topological polar surface area (TPSA) is 164 Å². The number of hydrogen-bond donors (Lipinski definition) is 0. The lowest BCUT2D eigenvalue weighted by Gasteiger charge is -2.23. The minimum atomic E-state index is -0.143. The first kappa shape index (κ1) is 90.3. The average Bonchev–Trinajstić information content (AvgIpc) is 1.55. The van der Waals surface area contributed by atoms with Crippen molar-refractivity contribution in [3.8, 4) is 198 Å². The molecule has 0 bridgehead atoms. The van der Waals surface area contributed by atoms with E-state index < -0.39 is 0 Å². The van der Waals surface area contributed by atoms with Crippen LogP contribution in [0.1, 0.15) is 36.4 Å². The average molecular weight is 1890 g/mol. The maximum Gasteiger partial charge on any atom is 0.213 e. The standard InChI is InChI=1S/C47H32N4O.C46H34N4.C41H28N4/c1-52-44-22-12-21-43(48-44)32-25-23-31(24-26-32)36-27-37(42-30-35-17-8-9-18-39(35)40-19-10-11-20-41(40)42)29-38(28-36)47-50-45(33-13-4-2-5-14-33)49-46(51-47)34-15-6-3-7-16-34;1-29-22-23-32(28-47-29)33-24-34(39-27-41-42(37-19-11-10-18-36(37)39)38-20-12-13-21-40(38)46(41,2)3)26-35(25-33)45-49-43(30-14-6-4-7-15-30)48-44(50-45)31-16-8-5-9-17-31;1-27-20-21-31(26-42-27)32-22-33(38-25-30-16-8-9-17-35(30)36-18-10-11-19-37(36)38)24-34(23-32)41-44-39(28-12-4-2-5-13-28)43-40(45-41)29-14-6-3-7-15-29/h2-30H,1H3;4-28H,1-3H3;2-26H,1H3. The Labute approximate surface area is 852 Å². The number of rotatable bonds is 17. The summed E-state index contributed by atoms with van der Waals surface area (Å²) in [7, 11) is 1.64. The summed E-state index contributed by atoms with van der Waals surface area (Å²) >= 11 is 0. The third-order valence-corrected chi connectivity index (χ3v) is 27.7. The zero-order valence-electron chi connectivity index (χ0n) is 81.4. The summed E-state index contributed by atoms with van der Waals surface area (Å²) in [6.07, 6.45) is 3.89. The fraction of sp³-hybridized carbons (Fsp3) is 0.0448. The molecule has 26 rings (SSSR count). The Morgan fingerprint density at radius 3 is 0.837 bits per heavy atom. The van der Waals surface area contributed by atoms with Crippen LogP contribution >= 0.6 is 0 Å². The number of nitrogens with zero attached hydrogens (tertiary/aromatic N) is 12. The van der Waals surface area contributed by atoms with Crippen molar-refractivity contribution in [3.05, 3.63) is 502 Å². The molecule has 147 heavy (non-hydrogen) atoms. The summed E-state index contributed by atoms with van der Waals surface area (Å²) in [6.45, 7) is 8.71. The van der Waals surface area contributed by atoms with Crippen molar-refractivity contribution in [2.24, 2.45) is 0 Å². The molecule has 0 amide bonds. The third kappa shape index (κ3) is 18.3. The highest BCUT2D eigenvalue weighted by atomic mass is 16.5. The van der Waals surface area contributed by atoms with E-state index in [1.54, 1.807) is 7.11 Å².